The summed E-state index contributed by atoms with van der Waals surface area (Å²) in [4.78, 5) is 109. The van der Waals surface area contributed by atoms with Crippen LogP contribution in [-0.4, -0.2) is 129 Å². The zero-order valence-electron chi connectivity index (χ0n) is 48.2. The molecule has 0 fully saturated rings. The summed E-state index contributed by atoms with van der Waals surface area (Å²) < 4.78 is 29.3. The van der Waals surface area contributed by atoms with Gasteiger partial charge < -0.3 is 42.1 Å². The monoisotopic (exact) mass is 1120 g/mol. The quantitative estimate of drug-likeness (QED) is 0.0359. The van der Waals surface area contributed by atoms with Crippen LogP contribution in [0.5, 0.6) is 0 Å². The van der Waals surface area contributed by atoms with Gasteiger partial charge in [0.25, 0.3) is 15.9 Å². The Morgan fingerprint density at radius 2 is 1.38 bits per heavy atom. The van der Waals surface area contributed by atoms with Crippen molar-refractivity contribution in [2.75, 3.05) is 33.7 Å². The van der Waals surface area contributed by atoms with Gasteiger partial charge in [-0.2, -0.15) is 0 Å². The molecule has 0 aromatic heterocycles. The molecule has 5 atom stereocenters. The Morgan fingerprint density at radius 3 is 1.98 bits per heavy atom. The zero-order chi connectivity index (χ0) is 59.4. The lowest BCUT2D eigenvalue weighted by Crippen LogP contribution is -2.61. The number of hydrogen-bond acceptors (Lipinski definition) is 12. The lowest BCUT2D eigenvalue weighted by atomic mass is 9.76. The summed E-state index contributed by atoms with van der Waals surface area (Å²) in [5.74, 6) is -3.69. The van der Waals surface area contributed by atoms with Crippen LogP contribution in [0.1, 0.15) is 117 Å². The van der Waals surface area contributed by atoms with Crippen LogP contribution in [0.15, 0.2) is 114 Å². The van der Waals surface area contributed by atoms with Crippen LogP contribution in [-0.2, 0) is 66.8 Å². The van der Waals surface area contributed by atoms with E-state index in [1.807, 2.05) is 109 Å². The second-order valence-corrected chi connectivity index (χ2v) is 24.2. The zero-order valence-corrected chi connectivity index (χ0v) is 49.0. The molecule has 0 aliphatic carbocycles. The maximum atomic E-state index is 14.4. The number of nitrogens with zero attached hydrogens (tertiary/aromatic N) is 2. The molecular weight excluding hydrogens is 1040 g/mol. The Labute approximate surface area is 473 Å². The SMILES string of the molecule is CN[C@H](C(=O)N[C@H](C(=O)N(C)[C@H](/C=C(\C)C(=O)NS(=O)(=O)c1ccc(CNC(=O)[C@H](CCCCN)NC(=O)[C@H](Cc2ccccc2)NC(=O)CCCCCN2CC(=O)C=CC2=O)cc1)C(C)C)C(C)(C)C)C(C)(C)c1ccccc1. The van der Waals surface area contributed by atoms with Gasteiger partial charge in [0.2, 0.25) is 35.4 Å². The smallest absolute Gasteiger partial charge is 0.264 e. The molecule has 1 aliphatic heterocycles. The van der Waals surface area contributed by atoms with Crippen molar-refractivity contribution in [2.24, 2.45) is 17.1 Å². The van der Waals surface area contributed by atoms with Gasteiger partial charge >= 0.3 is 0 Å². The first-order valence-electron chi connectivity index (χ1n) is 27.5. The predicted molar refractivity (Wildman–Crippen MR) is 309 cm³/mol. The maximum Gasteiger partial charge on any atom is 0.264 e. The summed E-state index contributed by atoms with van der Waals surface area (Å²) in [5.41, 5.74) is 6.68. The Morgan fingerprint density at radius 1 is 0.738 bits per heavy atom. The van der Waals surface area contributed by atoms with E-state index in [2.05, 4.69) is 31.3 Å². The summed E-state index contributed by atoms with van der Waals surface area (Å²) in [7, 11) is -1.11. The number of sulfonamides is 1. The van der Waals surface area contributed by atoms with Crippen molar-refractivity contribution in [1.82, 2.24) is 41.1 Å². The summed E-state index contributed by atoms with van der Waals surface area (Å²) in [6.45, 7) is 15.4. The van der Waals surface area contributed by atoms with Crippen LogP contribution >= 0.6 is 0 Å². The average Bonchev–Trinajstić information content (AvgIpc) is 3.51. The van der Waals surface area contributed by atoms with E-state index < -0.39 is 74.7 Å². The molecule has 0 bridgehead atoms. The third-order valence-corrected chi connectivity index (χ3v) is 15.6. The molecule has 1 aliphatic rings. The van der Waals surface area contributed by atoms with Crippen molar-refractivity contribution in [3.8, 4) is 0 Å². The number of nitrogens with two attached hydrogens (primary N) is 1. The predicted octanol–water partition coefficient (Wildman–Crippen LogP) is 4.50. The minimum absolute atomic E-state index is 0.0320. The number of carbonyl (C=O) groups excluding carboxylic acids is 8. The van der Waals surface area contributed by atoms with Gasteiger partial charge in [0.15, 0.2) is 5.78 Å². The number of amides is 7. The van der Waals surface area contributed by atoms with E-state index in [1.54, 1.807) is 14.1 Å². The normalized spacial score (nSPS) is 15.1. The minimum atomic E-state index is -4.40. The van der Waals surface area contributed by atoms with Gasteiger partial charge in [-0.15, -0.1) is 0 Å². The Kier molecular flexibility index (Phi) is 25.0. The van der Waals surface area contributed by atoms with Gasteiger partial charge in [0.05, 0.1) is 23.5 Å². The van der Waals surface area contributed by atoms with E-state index in [-0.39, 0.29) is 72.2 Å². The average molecular weight is 1120 g/mol. The second kappa shape index (κ2) is 30.5. The van der Waals surface area contributed by atoms with Crippen molar-refractivity contribution >= 4 is 57.2 Å². The molecule has 0 spiro atoms. The summed E-state index contributed by atoms with van der Waals surface area (Å²) in [5, 5.41) is 14.7. The van der Waals surface area contributed by atoms with E-state index in [1.165, 1.54) is 59.2 Å². The molecule has 7 amide bonds. The number of nitrogens with one attached hydrogen (secondary N) is 6. The minimum Gasteiger partial charge on any atom is -0.350 e. The Bertz CT molecular complexity index is 2780. The van der Waals surface area contributed by atoms with Crippen LogP contribution < -0.4 is 37.0 Å². The molecule has 80 heavy (non-hydrogen) atoms. The highest BCUT2D eigenvalue weighted by Gasteiger charge is 2.42. The standard InChI is InChI=1S/C60H85N9O10S/c1-40(2)49(68(10)58(77)53(59(4,5)6)66-57(76)52(62-9)60(7,8)44-24-16-12-17-25-44)36-41(3)54(73)67-80(78,79)46-31-28-43(29-32-46)38-63-55(74)47(26-19-20-34-61)65-56(75)48(37-42-22-14-11-15-23-42)64-50(71)27-18-13-21-35-69-39-45(70)30-33-51(69)72/h11-12,14-17,22-25,28-33,36,40,47-49,52-53,62H,13,18-21,26-27,34-35,37-39,61H2,1-10H3,(H,63,74)(H,64,71)(H,65,75)(H,66,76)(H,67,73)/b41-36+/t47-,48-,49+,52+,53+/m0/s1. The molecule has 0 radical (unpaired) electrons. The number of unbranched alkanes of at least 4 members (excludes halogenated alkanes) is 3. The van der Waals surface area contributed by atoms with Crippen LogP contribution in [0, 0.1) is 11.3 Å². The first-order chi connectivity index (χ1) is 37.7. The van der Waals surface area contributed by atoms with E-state index in [0.717, 1.165) is 11.1 Å². The van der Waals surface area contributed by atoms with Crippen molar-refractivity contribution in [3.63, 3.8) is 0 Å². The molecular formula is C60H85N9O10S. The van der Waals surface area contributed by atoms with Gasteiger partial charge in [-0.25, -0.2) is 13.1 Å². The van der Waals surface area contributed by atoms with E-state index >= 15 is 0 Å². The highest BCUT2D eigenvalue weighted by atomic mass is 32.2. The second-order valence-electron chi connectivity index (χ2n) is 22.5. The highest BCUT2D eigenvalue weighted by molar-refractivity contribution is 7.90. The largest absolute Gasteiger partial charge is 0.350 e. The van der Waals surface area contributed by atoms with Crippen molar-refractivity contribution < 1.29 is 46.8 Å². The number of ketones is 1. The number of rotatable bonds is 30. The molecule has 1 heterocycles. The summed E-state index contributed by atoms with van der Waals surface area (Å²) in [6.07, 6.45) is 7.38. The molecule has 436 valence electrons. The molecule has 0 unspecified atom stereocenters. The molecule has 8 N–H and O–H groups in total. The van der Waals surface area contributed by atoms with Crippen LogP contribution in [0.3, 0.4) is 0 Å². The molecule has 3 aromatic carbocycles. The molecule has 19 nitrogen and oxygen atoms in total. The van der Waals surface area contributed by atoms with Crippen molar-refractivity contribution in [3.05, 3.63) is 125 Å². The van der Waals surface area contributed by atoms with Crippen LogP contribution in [0.2, 0.25) is 0 Å². The van der Waals surface area contributed by atoms with Gasteiger partial charge in [-0.1, -0.05) is 134 Å². The first kappa shape index (κ1) is 65.5. The summed E-state index contributed by atoms with van der Waals surface area (Å²) in [6, 6.07) is 20.0. The van der Waals surface area contributed by atoms with Gasteiger partial charge in [-0.3, -0.25) is 38.4 Å². The third kappa shape index (κ3) is 19.7. The highest BCUT2D eigenvalue weighted by Crippen LogP contribution is 2.29. The van der Waals surface area contributed by atoms with Gasteiger partial charge in [0.1, 0.15) is 18.1 Å². The van der Waals surface area contributed by atoms with Gasteiger partial charge in [0, 0.05) is 50.0 Å². The Hall–Kier alpha value is -7.03. The van der Waals surface area contributed by atoms with E-state index in [0.29, 0.717) is 50.8 Å². The van der Waals surface area contributed by atoms with Crippen LogP contribution in [0.25, 0.3) is 0 Å². The molecule has 0 saturated heterocycles. The number of carbonyl (C=O) groups is 8. The van der Waals surface area contributed by atoms with Crippen molar-refractivity contribution in [1.29, 1.82) is 0 Å². The van der Waals surface area contributed by atoms with Gasteiger partial charge in [-0.05, 0) is 98.9 Å². The lowest BCUT2D eigenvalue weighted by molar-refractivity contribution is -0.141. The number of likely N-dealkylation sites (N-methyl/N-ethyl adjacent to an activating group) is 2. The van der Waals surface area contributed by atoms with E-state index in [9.17, 15) is 46.8 Å². The number of benzene rings is 3. The third-order valence-electron chi connectivity index (χ3n) is 14.3. The van der Waals surface area contributed by atoms with Crippen LogP contribution in [0.4, 0.5) is 0 Å². The summed E-state index contributed by atoms with van der Waals surface area (Å²) >= 11 is 0. The fourth-order valence-corrected chi connectivity index (χ4v) is 10.4. The topological polar surface area (TPSA) is 275 Å². The maximum absolute atomic E-state index is 14.4. The fourth-order valence-electron chi connectivity index (χ4n) is 9.42. The van der Waals surface area contributed by atoms with E-state index in [4.69, 9.17) is 5.73 Å². The molecule has 3 aromatic rings. The molecule has 20 heteroatoms. The van der Waals surface area contributed by atoms with Crippen molar-refractivity contribution in [2.45, 2.75) is 154 Å². The Balaban J connectivity index is 1.39. The molecule has 4 rings (SSSR count). The lowest BCUT2D eigenvalue weighted by Gasteiger charge is -2.40. The number of hydrogen-bond donors (Lipinski definition) is 7. The first-order valence-corrected chi connectivity index (χ1v) is 28.9. The fraction of sp³-hybridized carbons (Fsp3) is 0.500. The molecule has 0 saturated carbocycles.